The molecule has 0 aliphatic heterocycles. The first-order chi connectivity index (χ1) is 8.08. The van der Waals surface area contributed by atoms with Gasteiger partial charge in [0.25, 0.3) is 5.91 Å². The third kappa shape index (κ3) is 4.08. The topological polar surface area (TPSA) is 80.0 Å². The van der Waals surface area contributed by atoms with Gasteiger partial charge in [0.05, 0.1) is 0 Å². The van der Waals surface area contributed by atoms with Gasteiger partial charge in [0.2, 0.25) is 0 Å². The van der Waals surface area contributed by atoms with Crippen molar-refractivity contribution in [2.75, 3.05) is 36.7 Å². The van der Waals surface area contributed by atoms with Crippen LogP contribution in [0.4, 0.5) is 10.9 Å². The van der Waals surface area contributed by atoms with Crippen LogP contribution in [0, 0.1) is 5.92 Å². The Morgan fingerprint density at radius 3 is 2.88 bits per heavy atom. The molecule has 4 N–H and O–H groups in total. The molecule has 1 amide bonds. The molecule has 0 saturated heterocycles. The highest BCUT2D eigenvalue weighted by Gasteiger charge is 2.15. The van der Waals surface area contributed by atoms with Gasteiger partial charge in [-0.1, -0.05) is 18.3 Å². The molecule has 1 aromatic rings. The number of amides is 1. The van der Waals surface area contributed by atoms with Crippen LogP contribution in [0.2, 0.25) is 0 Å². The maximum atomic E-state index is 11.8. The molecule has 0 bridgehead atoms. The third-order valence-electron chi connectivity index (χ3n) is 2.14. The molecule has 17 heavy (non-hydrogen) atoms. The first-order valence-corrected chi connectivity index (χ1v) is 7.50. The Kier molecular flexibility index (Phi) is 5.57. The molecule has 0 radical (unpaired) electrons. The number of thioether (sulfide) groups is 1. The van der Waals surface area contributed by atoms with E-state index in [1.54, 1.807) is 18.8 Å². The minimum Gasteiger partial charge on any atom is -0.382 e. The van der Waals surface area contributed by atoms with E-state index in [4.69, 9.17) is 5.73 Å². The first-order valence-electron chi connectivity index (χ1n) is 5.29. The van der Waals surface area contributed by atoms with E-state index in [1.165, 1.54) is 11.3 Å². The van der Waals surface area contributed by atoms with E-state index in [2.05, 4.69) is 28.8 Å². The summed E-state index contributed by atoms with van der Waals surface area (Å²) in [5, 5.41) is 6.40. The fourth-order valence-electron chi connectivity index (χ4n) is 1.29. The Labute approximate surface area is 110 Å². The van der Waals surface area contributed by atoms with Crippen molar-refractivity contribution in [1.29, 1.82) is 0 Å². The van der Waals surface area contributed by atoms with E-state index in [1.807, 2.05) is 0 Å². The molecule has 0 saturated carbocycles. The summed E-state index contributed by atoms with van der Waals surface area (Å²) < 4.78 is 0. The minimum absolute atomic E-state index is 0.144. The number of carbonyl (C=O) groups is 1. The largest absolute Gasteiger partial charge is 0.382 e. The Hall–Kier alpha value is -0.950. The van der Waals surface area contributed by atoms with Crippen LogP contribution >= 0.6 is 23.1 Å². The monoisotopic (exact) mass is 274 g/mol. The number of nitrogens with one attached hydrogen (secondary N) is 2. The minimum atomic E-state index is -0.144. The number of thiazole rings is 1. The second kappa shape index (κ2) is 6.70. The second-order valence-electron chi connectivity index (χ2n) is 3.75. The van der Waals surface area contributed by atoms with Crippen molar-refractivity contribution >= 4 is 40.0 Å². The summed E-state index contributed by atoms with van der Waals surface area (Å²) in [6.45, 7) is 2.76. The zero-order valence-corrected chi connectivity index (χ0v) is 11.9. The highest BCUT2D eigenvalue weighted by molar-refractivity contribution is 7.98. The molecule has 1 atom stereocenters. The number of rotatable bonds is 6. The van der Waals surface area contributed by atoms with Crippen LogP contribution in [0.5, 0.6) is 0 Å². The number of nitrogens with zero attached hydrogens (tertiary/aromatic N) is 1. The number of hydrogen-bond donors (Lipinski definition) is 3. The number of anilines is 2. The highest BCUT2D eigenvalue weighted by atomic mass is 32.2. The summed E-state index contributed by atoms with van der Waals surface area (Å²) in [7, 11) is 1.75. The van der Waals surface area contributed by atoms with E-state index in [0.29, 0.717) is 22.5 Å². The molecule has 1 unspecified atom stereocenters. The van der Waals surface area contributed by atoms with E-state index in [0.717, 1.165) is 5.75 Å². The Morgan fingerprint density at radius 2 is 2.35 bits per heavy atom. The predicted octanol–water partition coefficient (Wildman–Crippen LogP) is 1.50. The van der Waals surface area contributed by atoms with Crippen LogP contribution in [0.25, 0.3) is 0 Å². The maximum absolute atomic E-state index is 11.8. The number of nitrogen functional groups attached to an aromatic ring is 1. The van der Waals surface area contributed by atoms with Gasteiger partial charge in [-0.2, -0.15) is 11.8 Å². The second-order valence-corrected chi connectivity index (χ2v) is 5.66. The number of carbonyl (C=O) groups excluding carboxylic acids is 1. The molecular weight excluding hydrogens is 256 g/mol. The normalized spacial score (nSPS) is 12.2. The molecule has 0 aromatic carbocycles. The molecule has 7 heteroatoms. The molecule has 1 aromatic heterocycles. The zero-order chi connectivity index (χ0) is 12.8. The van der Waals surface area contributed by atoms with Crippen molar-refractivity contribution in [2.24, 2.45) is 5.92 Å². The van der Waals surface area contributed by atoms with Crippen LogP contribution in [-0.4, -0.2) is 36.5 Å². The first kappa shape index (κ1) is 14.1. The molecule has 1 heterocycles. The van der Waals surface area contributed by atoms with Crippen LogP contribution in [0.15, 0.2) is 0 Å². The predicted molar refractivity (Wildman–Crippen MR) is 76.0 cm³/mol. The van der Waals surface area contributed by atoms with Gasteiger partial charge >= 0.3 is 0 Å². The van der Waals surface area contributed by atoms with Crippen LogP contribution < -0.4 is 16.4 Å². The smallest absolute Gasteiger partial charge is 0.265 e. The number of aromatic nitrogens is 1. The average Bonchev–Trinajstić information content (AvgIpc) is 2.68. The lowest BCUT2D eigenvalue weighted by Crippen LogP contribution is -2.29. The molecule has 0 aliphatic carbocycles. The quantitative estimate of drug-likeness (QED) is 0.732. The lowest BCUT2D eigenvalue weighted by molar-refractivity contribution is 0.0954. The van der Waals surface area contributed by atoms with Gasteiger partial charge in [0, 0.05) is 13.6 Å². The van der Waals surface area contributed by atoms with Crippen molar-refractivity contribution in [2.45, 2.75) is 6.92 Å². The van der Waals surface area contributed by atoms with Crippen molar-refractivity contribution in [3.05, 3.63) is 4.88 Å². The standard InChI is InChI=1S/C10H18N4OS2/c1-6(5-16-3)4-13-9(15)7-8(11)14-10(12-2)17-7/h6H,4-5,11H2,1-3H3,(H,12,14)(H,13,15). The van der Waals surface area contributed by atoms with Gasteiger partial charge in [-0.3, -0.25) is 4.79 Å². The highest BCUT2D eigenvalue weighted by Crippen LogP contribution is 2.24. The van der Waals surface area contributed by atoms with Crippen LogP contribution in [0.1, 0.15) is 16.6 Å². The lowest BCUT2D eigenvalue weighted by atomic mass is 10.2. The molecule has 0 aliphatic rings. The Balaban J connectivity index is 2.54. The van der Waals surface area contributed by atoms with E-state index in [-0.39, 0.29) is 11.7 Å². The van der Waals surface area contributed by atoms with Crippen molar-refractivity contribution < 1.29 is 4.79 Å². The third-order valence-corrected chi connectivity index (χ3v) is 4.13. The van der Waals surface area contributed by atoms with Crippen molar-refractivity contribution in [3.63, 3.8) is 0 Å². The van der Waals surface area contributed by atoms with E-state index >= 15 is 0 Å². The van der Waals surface area contributed by atoms with Gasteiger partial charge in [0.15, 0.2) is 5.13 Å². The lowest BCUT2D eigenvalue weighted by Gasteiger charge is -2.10. The van der Waals surface area contributed by atoms with Gasteiger partial charge < -0.3 is 16.4 Å². The van der Waals surface area contributed by atoms with E-state index in [9.17, 15) is 4.79 Å². The van der Waals surface area contributed by atoms with Crippen molar-refractivity contribution in [1.82, 2.24) is 10.3 Å². The Morgan fingerprint density at radius 1 is 1.65 bits per heavy atom. The number of hydrogen-bond acceptors (Lipinski definition) is 6. The van der Waals surface area contributed by atoms with Crippen molar-refractivity contribution in [3.8, 4) is 0 Å². The Bertz CT molecular complexity index is 380. The van der Waals surface area contributed by atoms with E-state index < -0.39 is 0 Å². The molecular formula is C10H18N4OS2. The van der Waals surface area contributed by atoms with Crippen LogP contribution in [0.3, 0.4) is 0 Å². The molecule has 0 spiro atoms. The van der Waals surface area contributed by atoms with Gasteiger partial charge in [-0.15, -0.1) is 0 Å². The summed E-state index contributed by atoms with van der Waals surface area (Å²) in [5.41, 5.74) is 5.68. The summed E-state index contributed by atoms with van der Waals surface area (Å²) >= 11 is 3.04. The fourth-order valence-corrected chi connectivity index (χ4v) is 2.73. The summed E-state index contributed by atoms with van der Waals surface area (Å²) in [6, 6.07) is 0. The fraction of sp³-hybridized carbons (Fsp3) is 0.600. The molecule has 5 nitrogen and oxygen atoms in total. The summed E-state index contributed by atoms with van der Waals surface area (Å²) in [6.07, 6.45) is 2.05. The summed E-state index contributed by atoms with van der Waals surface area (Å²) in [4.78, 5) is 16.4. The van der Waals surface area contributed by atoms with Gasteiger partial charge in [-0.05, 0) is 17.9 Å². The van der Waals surface area contributed by atoms with Gasteiger partial charge in [-0.25, -0.2) is 4.98 Å². The maximum Gasteiger partial charge on any atom is 0.265 e. The van der Waals surface area contributed by atoms with Crippen LogP contribution in [-0.2, 0) is 0 Å². The molecule has 0 fully saturated rings. The average molecular weight is 274 g/mol. The SMILES string of the molecule is CNc1nc(N)c(C(=O)NCC(C)CSC)s1. The number of nitrogens with two attached hydrogens (primary N) is 1. The molecule has 96 valence electrons. The molecule has 1 rings (SSSR count). The summed E-state index contributed by atoms with van der Waals surface area (Å²) in [5.74, 6) is 1.62. The zero-order valence-electron chi connectivity index (χ0n) is 10.2. The van der Waals surface area contributed by atoms with Gasteiger partial charge in [0.1, 0.15) is 10.7 Å².